The Hall–Kier alpha value is -1.82. The van der Waals surface area contributed by atoms with Gasteiger partial charge in [-0.2, -0.15) is 0 Å². The van der Waals surface area contributed by atoms with Gasteiger partial charge in [0.15, 0.2) is 0 Å². The standard InChI is InChI=1S/C13H19N3O3/c1-19-12(17)8-13(18)4-6-16(7-5-13)11-3-2-10(14)9-15-11/h2-3,9,18H,4-8,14H2,1H3. The third-order valence-electron chi connectivity index (χ3n) is 3.49. The van der Waals surface area contributed by atoms with Crippen LogP contribution in [0.1, 0.15) is 19.3 Å². The molecule has 0 bridgehead atoms. The van der Waals surface area contributed by atoms with Crippen LogP contribution in [0.3, 0.4) is 0 Å². The average Bonchev–Trinajstić information content (AvgIpc) is 2.40. The third-order valence-corrected chi connectivity index (χ3v) is 3.49. The molecule has 0 atom stereocenters. The van der Waals surface area contributed by atoms with Gasteiger partial charge in [-0.1, -0.05) is 0 Å². The summed E-state index contributed by atoms with van der Waals surface area (Å²) in [5.74, 6) is 0.468. The molecule has 2 rings (SSSR count). The highest BCUT2D eigenvalue weighted by Crippen LogP contribution is 2.28. The van der Waals surface area contributed by atoms with Crippen molar-refractivity contribution >= 4 is 17.5 Å². The zero-order valence-electron chi connectivity index (χ0n) is 11.0. The number of nitrogens with zero attached hydrogens (tertiary/aromatic N) is 2. The molecule has 104 valence electrons. The maximum atomic E-state index is 11.3. The van der Waals surface area contributed by atoms with Crippen LogP contribution in [0.25, 0.3) is 0 Å². The van der Waals surface area contributed by atoms with E-state index in [-0.39, 0.29) is 12.4 Å². The molecule has 0 saturated carbocycles. The van der Waals surface area contributed by atoms with Crippen LogP contribution in [0.5, 0.6) is 0 Å². The first-order chi connectivity index (χ1) is 9.02. The van der Waals surface area contributed by atoms with Crippen molar-refractivity contribution < 1.29 is 14.6 Å². The van der Waals surface area contributed by atoms with E-state index in [1.807, 2.05) is 6.07 Å². The molecule has 0 unspecified atom stereocenters. The summed E-state index contributed by atoms with van der Waals surface area (Å²) in [7, 11) is 1.33. The summed E-state index contributed by atoms with van der Waals surface area (Å²) in [5, 5.41) is 10.3. The highest BCUT2D eigenvalue weighted by molar-refractivity contribution is 5.70. The highest BCUT2D eigenvalue weighted by atomic mass is 16.5. The molecule has 1 aliphatic heterocycles. The Bertz CT molecular complexity index is 439. The van der Waals surface area contributed by atoms with Gasteiger partial charge in [0.2, 0.25) is 0 Å². The van der Waals surface area contributed by atoms with Crippen molar-refractivity contribution in [3.05, 3.63) is 18.3 Å². The van der Waals surface area contributed by atoms with E-state index in [1.54, 1.807) is 12.3 Å². The molecule has 1 aliphatic rings. The van der Waals surface area contributed by atoms with Crippen LogP contribution >= 0.6 is 0 Å². The molecule has 1 saturated heterocycles. The lowest BCUT2D eigenvalue weighted by atomic mass is 9.88. The van der Waals surface area contributed by atoms with E-state index in [4.69, 9.17) is 5.73 Å². The van der Waals surface area contributed by atoms with Gasteiger partial charge in [0.1, 0.15) is 5.82 Å². The molecule has 3 N–H and O–H groups in total. The Balaban J connectivity index is 1.95. The number of aromatic nitrogens is 1. The quantitative estimate of drug-likeness (QED) is 0.776. The Labute approximate surface area is 112 Å². The van der Waals surface area contributed by atoms with Crippen LogP contribution in [-0.2, 0) is 9.53 Å². The summed E-state index contributed by atoms with van der Waals surface area (Å²) in [6.45, 7) is 1.31. The SMILES string of the molecule is COC(=O)CC1(O)CCN(c2ccc(N)cn2)CC1. The second-order valence-corrected chi connectivity index (χ2v) is 4.91. The number of esters is 1. The van der Waals surface area contributed by atoms with Crippen molar-refractivity contribution in [2.45, 2.75) is 24.9 Å². The fraction of sp³-hybridized carbons (Fsp3) is 0.538. The molecule has 1 aromatic rings. The van der Waals surface area contributed by atoms with Crippen LogP contribution in [0.15, 0.2) is 18.3 Å². The Kier molecular flexibility index (Phi) is 3.90. The summed E-state index contributed by atoms with van der Waals surface area (Å²) in [4.78, 5) is 17.6. The molecule has 6 nitrogen and oxygen atoms in total. The van der Waals surface area contributed by atoms with Crippen molar-refractivity contribution in [3.63, 3.8) is 0 Å². The van der Waals surface area contributed by atoms with Crippen molar-refractivity contribution in [3.8, 4) is 0 Å². The molecule has 0 aromatic carbocycles. The van der Waals surface area contributed by atoms with E-state index in [9.17, 15) is 9.90 Å². The normalized spacial score (nSPS) is 18.1. The number of piperidine rings is 1. The Morgan fingerprint density at radius 3 is 2.74 bits per heavy atom. The van der Waals surface area contributed by atoms with Gasteiger partial charge in [-0.25, -0.2) is 4.98 Å². The number of nitrogens with two attached hydrogens (primary N) is 1. The van der Waals surface area contributed by atoms with Gasteiger partial charge in [0, 0.05) is 13.1 Å². The second kappa shape index (κ2) is 5.44. The van der Waals surface area contributed by atoms with Gasteiger partial charge in [-0.3, -0.25) is 4.79 Å². The van der Waals surface area contributed by atoms with Crippen molar-refractivity contribution in [1.29, 1.82) is 0 Å². The molecule has 2 heterocycles. The van der Waals surface area contributed by atoms with Crippen molar-refractivity contribution in [2.24, 2.45) is 0 Å². The van der Waals surface area contributed by atoms with Crippen LogP contribution in [-0.4, -0.2) is 41.9 Å². The lowest BCUT2D eigenvalue weighted by Gasteiger charge is -2.38. The number of rotatable bonds is 3. The maximum Gasteiger partial charge on any atom is 0.308 e. The maximum absolute atomic E-state index is 11.3. The first kappa shape index (κ1) is 13.6. The van der Waals surface area contributed by atoms with Crippen molar-refractivity contribution in [2.75, 3.05) is 30.8 Å². The molecular formula is C13H19N3O3. The minimum Gasteiger partial charge on any atom is -0.469 e. The zero-order chi connectivity index (χ0) is 13.9. The first-order valence-electron chi connectivity index (χ1n) is 6.28. The summed E-state index contributed by atoms with van der Waals surface area (Å²) < 4.78 is 4.60. The fourth-order valence-corrected chi connectivity index (χ4v) is 2.25. The van der Waals surface area contributed by atoms with Gasteiger partial charge >= 0.3 is 5.97 Å². The molecule has 0 aliphatic carbocycles. The van der Waals surface area contributed by atoms with Crippen LogP contribution in [0, 0.1) is 0 Å². The number of anilines is 2. The number of ether oxygens (including phenoxy) is 1. The number of methoxy groups -OCH3 is 1. The number of nitrogen functional groups attached to an aromatic ring is 1. The number of pyridine rings is 1. The van der Waals surface area contributed by atoms with Gasteiger partial charge in [-0.05, 0) is 25.0 Å². The predicted molar refractivity (Wildman–Crippen MR) is 71.7 cm³/mol. The fourth-order valence-electron chi connectivity index (χ4n) is 2.25. The van der Waals surface area contributed by atoms with Gasteiger partial charge in [-0.15, -0.1) is 0 Å². The molecule has 0 radical (unpaired) electrons. The third kappa shape index (κ3) is 3.35. The number of carbonyl (C=O) groups is 1. The van der Waals surface area contributed by atoms with E-state index in [1.165, 1.54) is 7.11 Å². The lowest BCUT2D eigenvalue weighted by Crippen LogP contribution is -2.46. The Morgan fingerprint density at radius 1 is 1.53 bits per heavy atom. The summed E-state index contributed by atoms with van der Waals surface area (Å²) in [6.07, 6.45) is 2.71. The van der Waals surface area contributed by atoms with Crippen LogP contribution in [0.2, 0.25) is 0 Å². The summed E-state index contributed by atoms with van der Waals surface area (Å²) in [5.41, 5.74) is 5.26. The number of hydrogen-bond donors (Lipinski definition) is 2. The smallest absolute Gasteiger partial charge is 0.308 e. The van der Waals surface area contributed by atoms with Crippen LogP contribution in [0.4, 0.5) is 11.5 Å². The minimum atomic E-state index is -0.961. The molecule has 1 aromatic heterocycles. The van der Waals surface area contributed by atoms with Crippen LogP contribution < -0.4 is 10.6 Å². The number of carbonyl (C=O) groups excluding carboxylic acids is 1. The lowest BCUT2D eigenvalue weighted by molar-refractivity contribution is -0.147. The minimum absolute atomic E-state index is 0.0481. The van der Waals surface area contributed by atoms with E-state index >= 15 is 0 Å². The van der Waals surface area contributed by atoms with E-state index < -0.39 is 5.60 Å². The van der Waals surface area contributed by atoms with Gasteiger partial charge in [0.25, 0.3) is 0 Å². The Morgan fingerprint density at radius 2 is 2.21 bits per heavy atom. The monoisotopic (exact) mass is 265 g/mol. The molecule has 1 fully saturated rings. The molecule has 0 spiro atoms. The largest absolute Gasteiger partial charge is 0.469 e. The molecule has 19 heavy (non-hydrogen) atoms. The van der Waals surface area contributed by atoms with E-state index in [2.05, 4.69) is 14.6 Å². The van der Waals surface area contributed by atoms with E-state index in [0.717, 1.165) is 5.82 Å². The van der Waals surface area contributed by atoms with Gasteiger partial charge in [0.05, 0.1) is 31.0 Å². The molecule has 6 heteroatoms. The molecule has 0 amide bonds. The summed E-state index contributed by atoms with van der Waals surface area (Å²) in [6, 6.07) is 3.66. The summed E-state index contributed by atoms with van der Waals surface area (Å²) >= 11 is 0. The van der Waals surface area contributed by atoms with Gasteiger partial charge < -0.3 is 20.5 Å². The highest BCUT2D eigenvalue weighted by Gasteiger charge is 2.35. The number of hydrogen-bond acceptors (Lipinski definition) is 6. The zero-order valence-corrected chi connectivity index (χ0v) is 11.0. The first-order valence-corrected chi connectivity index (χ1v) is 6.28. The number of aliphatic hydroxyl groups is 1. The molecular weight excluding hydrogens is 246 g/mol. The predicted octanol–water partition coefficient (Wildman–Crippen LogP) is 0.558. The average molecular weight is 265 g/mol. The van der Waals surface area contributed by atoms with E-state index in [0.29, 0.717) is 31.6 Å². The second-order valence-electron chi connectivity index (χ2n) is 4.91. The van der Waals surface area contributed by atoms with Crippen molar-refractivity contribution in [1.82, 2.24) is 4.98 Å². The topological polar surface area (TPSA) is 88.7 Å².